The number of aliphatic hydroxyl groups is 1. The standard InChI is InChI=1S/C12H18O4/c1-12(2,16-6-5-13)8-9-3-4-10(14)11(15)7-9/h3-4,7,13-15H,5-6,8H2,1-2H3. The van der Waals surface area contributed by atoms with Crippen LogP contribution in [-0.4, -0.2) is 34.1 Å². The van der Waals surface area contributed by atoms with Gasteiger partial charge in [0.15, 0.2) is 11.5 Å². The van der Waals surface area contributed by atoms with Gasteiger partial charge in [-0.1, -0.05) is 6.07 Å². The van der Waals surface area contributed by atoms with Gasteiger partial charge in [-0.3, -0.25) is 0 Å². The maximum atomic E-state index is 9.34. The normalized spacial score (nSPS) is 11.7. The van der Waals surface area contributed by atoms with Gasteiger partial charge in [0, 0.05) is 6.42 Å². The molecular weight excluding hydrogens is 208 g/mol. The number of ether oxygens (including phenoxy) is 1. The molecule has 0 radical (unpaired) electrons. The molecule has 0 unspecified atom stereocenters. The third-order valence-electron chi connectivity index (χ3n) is 2.25. The summed E-state index contributed by atoms with van der Waals surface area (Å²) in [4.78, 5) is 0. The molecule has 0 aliphatic rings. The summed E-state index contributed by atoms with van der Waals surface area (Å²) in [6.45, 7) is 4.10. The van der Waals surface area contributed by atoms with E-state index in [1.54, 1.807) is 6.07 Å². The van der Waals surface area contributed by atoms with Crippen molar-refractivity contribution in [2.45, 2.75) is 25.9 Å². The van der Waals surface area contributed by atoms with Crippen LogP contribution in [0.1, 0.15) is 19.4 Å². The highest BCUT2D eigenvalue weighted by Gasteiger charge is 2.19. The highest BCUT2D eigenvalue weighted by molar-refractivity contribution is 5.40. The number of rotatable bonds is 5. The lowest BCUT2D eigenvalue weighted by atomic mass is 9.98. The largest absolute Gasteiger partial charge is 0.504 e. The van der Waals surface area contributed by atoms with Crippen LogP contribution in [0.15, 0.2) is 18.2 Å². The predicted octanol–water partition coefficient (Wildman–Crippen LogP) is 1.43. The van der Waals surface area contributed by atoms with Crippen molar-refractivity contribution in [1.29, 1.82) is 0 Å². The number of benzene rings is 1. The van der Waals surface area contributed by atoms with Gasteiger partial charge in [-0.15, -0.1) is 0 Å². The zero-order valence-electron chi connectivity index (χ0n) is 9.60. The molecule has 0 saturated heterocycles. The Morgan fingerprint density at radius 3 is 2.44 bits per heavy atom. The molecule has 0 bridgehead atoms. The molecule has 0 aromatic heterocycles. The summed E-state index contributed by atoms with van der Waals surface area (Å²) >= 11 is 0. The van der Waals surface area contributed by atoms with Crippen LogP contribution < -0.4 is 0 Å². The van der Waals surface area contributed by atoms with E-state index in [2.05, 4.69) is 0 Å². The molecule has 4 heteroatoms. The third-order valence-corrected chi connectivity index (χ3v) is 2.25. The van der Waals surface area contributed by atoms with Crippen LogP contribution in [0, 0.1) is 0 Å². The molecule has 90 valence electrons. The number of hydrogen-bond acceptors (Lipinski definition) is 4. The van der Waals surface area contributed by atoms with Crippen LogP contribution in [0.4, 0.5) is 0 Å². The van der Waals surface area contributed by atoms with Crippen LogP contribution in [0.3, 0.4) is 0 Å². The minimum atomic E-state index is -0.411. The van der Waals surface area contributed by atoms with Crippen LogP contribution in [0.25, 0.3) is 0 Å². The molecule has 1 aromatic carbocycles. The summed E-state index contributed by atoms with van der Waals surface area (Å²) in [5.41, 5.74) is 0.463. The monoisotopic (exact) mass is 226 g/mol. The SMILES string of the molecule is CC(C)(Cc1ccc(O)c(O)c1)OCCO. The van der Waals surface area contributed by atoms with Gasteiger partial charge in [-0.05, 0) is 31.5 Å². The van der Waals surface area contributed by atoms with Crippen LogP contribution >= 0.6 is 0 Å². The average molecular weight is 226 g/mol. The van der Waals surface area contributed by atoms with Crippen LogP contribution in [0.5, 0.6) is 11.5 Å². The van der Waals surface area contributed by atoms with Crippen molar-refractivity contribution >= 4 is 0 Å². The maximum absolute atomic E-state index is 9.34. The Kier molecular flexibility index (Phi) is 4.15. The van der Waals surface area contributed by atoms with E-state index in [1.165, 1.54) is 12.1 Å². The van der Waals surface area contributed by atoms with Gasteiger partial charge in [0.05, 0.1) is 18.8 Å². The summed E-state index contributed by atoms with van der Waals surface area (Å²) in [6.07, 6.45) is 0.598. The van der Waals surface area contributed by atoms with Crippen LogP contribution in [0.2, 0.25) is 0 Å². The Morgan fingerprint density at radius 2 is 1.88 bits per heavy atom. The van der Waals surface area contributed by atoms with E-state index in [9.17, 15) is 5.11 Å². The van der Waals surface area contributed by atoms with Gasteiger partial charge in [0.1, 0.15) is 0 Å². The van der Waals surface area contributed by atoms with E-state index < -0.39 is 5.60 Å². The number of phenols is 2. The number of hydrogen-bond donors (Lipinski definition) is 3. The molecule has 3 N–H and O–H groups in total. The summed E-state index contributed by atoms with van der Waals surface area (Å²) in [5, 5.41) is 27.2. The molecule has 0 aliphatic heterocycles. The summed E-state index contributed by atoms with van der Waals surface area (Å²) < 4.78 is 5.46. The lowest BCUT2D eigenvalue weighted by Gasteiger charge is -2.25. The quantitative estimate of drug-likeness (QED) is 0.664. The van der Waals surface area contributed by atoms with E-state index in [1.807, 2.05) is 13.8 Å². The van der Waals surface area contributed by atoms with Gasteiger partial charge in [0.2, 0.25) is 0 Å². The van der Waals surface area contributed by atoms with Gasteiger partial charge in [0.25, 0.3) is 0 Å². The molecule has 0 amide bonds. The van der Waals surface area contributed by atoms with Crippen LogP contribution in [-0.2, 0) is 11.2 Å². The molecule has 1 aromatic rings. The highest BCUT2D eigenvalue weighted by atomic mass is 16.5. The smallest absolute Gasteiger partial charge is 0.157 e. The van der Waals surface area contributed by atoms with E-state index in [4.69, 9.17) is 14.9 Å². The van der Waals surface area contributed by atoms with Gasteiger partial charge in [-0.2, -0.15) is 0 Å². The zero-order valence-corrected chi connectivity index (χ0v) is 9.60. The molecule has 0 fully saturated rings. The number of phenolic OH excluding ortho intramolecular Hbond substituents is 2. The first-order valence-electron chi connectivity index (χ1n) is 5.20. The van der Waals surface area contributed by atoms with Crippen molar-refractivity contribution in [2.24, 2.45) is 0 Å². The predicted molar refractivity (Wildman–Crippen MR) is 60.6 cm³/mol. The Balaban J connectivity index is 2.68. The topological polar surface area (TPSA) is 69.9 Å². The first kappa shape index (κ1) is 12.8. The van der Waals surface area contributed by atoms with E-state index in [0.717, 1.165) is 5.56 Å². The molecule has 0 saturated carbocycles. The van der Waals surface area contributed by atoms with Crippen molar-refractivity contribution in [3.63, 3.8) is 0 Å². The minimum absolute atomic E-state index is 0.00966. The molecule has 4 nitrogen and oxygen atoms in total. The average Bonchev–Trinajstić information content (AvgIpc) is 2.20. The Hall–Kier alpha value is -1.26. The van der Waals surface area contributed by atoms with Crippen molar-refractivity contribution in [3.05, 3.63) is 23.8 Å². The second-order valence-electron chi connectivity index (χ2n) is 4.33. The lowest BCUT2D eigenvalue weighted by molar-refractivity contribution is -0.0323. The molecule has 16 heavy (non-hydrogen) atoms. The fraction of sp³-hybridized carbons (Fsp3) is 0.500. The van der Waals surface area contributed by atoms with Crippen molar-refractivity contribution in [2.75, 3.05) is 13.2 Å². The van der Waals surface area contributed by atoms with E-state index in [-0.39, 0.29) is 24.7 Å². The second kappa shape index (κ2) is 5.18. The molecular formula is C12H18O4. The third kappa shape index (κ3) is 3.72. The second-order valence-corrected chi connectivity index (χ2v) is 4.33. The lowest BCUT2D eigenvalue weighted by Crippen LogP contribution is -2.28. The molecule has 1 rings (SSSR count). The fourth-order valence-electron chi connectivity index (χ4n) is 1.54. The summed E-state index contributed by atoms with van der Waals surface area (Å²) in [6, 6.07) is 4.70. The molecule has 0 aliphatic carbocycles. The van der Waals surface area contributed by atoms with Gasteiger partial charge < -0.3 is 20.1 Å². The minimum Gasteiger partial charge on any atom is -0.504 e. The molecule has 0 spiro atoms. The van der Waals surface area contributed by atoms with Crippen molar-refractivity contribution in [3.8, 4) is 11.5 Å². The number of aliphatic hydroxyl groups excluding tert-OH is 1. The first-order chi connectivity index (χ1) is 7.44. The Morgan fingerprint density at radius 1 is 1.19 bits per heavy atom. The van der Waals surface area contributed by atoms with Crippen molar-refractivity contribution < 1.29 is 20.1 Å². The first-order valence-corrected chi connectivity index (χ1v) is 5.20. The molecule has 0 atom stereocenters. The number of aromatic hydroxyl groups is 2. The van der Waals surface area contributed by atoms with Gasteiger partial charge >= 0.3 is 0 Å². The Bertz CT molecular complexity index is 347. The zero-order chi connectivity index (χ0) is 12.2. The molecule has 0 heterocycles. The van der Waals surface area contributed by atoms with Gasteiger partial charge in [-0.25, -0.2) is 0 Å². The van der Waals surface area contributed by atoms with E-state index in [0.29, 0.717) is 6.42 Å². The maximum Gasteiger partial charge on any atom is 0.157 e. The summed E-state index contributed by atoms with van der Waals surface area (Å²) in [5.74, 6) is -0.256. The summed E-state index contributed by atoms with van der Waals surface area (Å²) in [7, 11) is 0. The van der Waals surface area contributed by atoms with E-state index >= 15 is 0 Å². The highest BCUT2D eigenvalue weighted by Crippen LogP contribution is 2.27. The Labute approximate surface area is 95.1 Å². The fourth-order valence-corrected chi connectivity index (χ4v) is 1.54. The van der Waals surface area contributed by atoms with Crippen molar-refractivity contribution in [1.82, 2.24) is 0 Å².